The summed E-state index contributed by atoms with van der Waals surface area (Å²) in [6, 6.07) is 26.2. The minimum absolute atomic E-state index is 0.132. The first-order valence-electron chi connectivity index (χ1n) is 11.8. The monoisotopic (exact) mass is 457 g/mol. The van der Waals surface area contributed by atoms with Crippen LogP contribution in [-0.2, 0) is 26.3 Å². The van der Waals surface area contributed by atoms with Crippen LogP contribution in [0, 0.1) is 0 Å². The summed E-state index contributed by atoms with van der Waals surface area (Å²) in [7, 11) is 1.59. The standard InChI is InChI=1S/C29H31NO4/c1-3-20-30(24-16-10-11-17-26(24)33-2)27-25(31)21-29(34-28(27)32,23-14-8-5-9-15-23)19-18-22-12-6-4-7-13-22/h4-17,27H,3,18-21H2,1-2H3. The molecule has 4 rings (SSSR count). The van der Waals surface area contributed by atoms with E-state index >= 15 is 0 Å². The van der Waals surface area contributed by atoms with Crippen LogP contribution >= 0.6 is 0 Å². The summed E-state index contributed by atoms with van der Waals surface area (Å²) in [4.78, 5) is 29.1. The number of rotatable bonds is 9. The Kier molecular flexibility index (Phi) is 7.31. The van der Waals surface area contributed by atoms with Crippen LogP contribution in [-0.4, -0.2) is 31.4 Å². The minimum Gasteiger partial charge on any atom is -0.495 e. The van der Waals surface area contributed by atoms with E-state index in [1.165, 1.54) is 0 Å². The molecule has 2 unspecified atom stereocenters. The van der Waals surface area contributed by atoms with Gasteiger partial charge in [0.15, 0.2) is 11.8 Å². The van der Waals surface area contributed by atoms with Crippen molar-refractivity contribution in [2.24, 2.45) is 0 Å². The number of hydrogen-bond donors (Lipinski definition) is 0. The predicted molar refractivity (Wildman–Crippen MR) is 133 cm³/mol. The third kappa shape index (κ3) is 4.84. The fourth-order valence-corrected chi connectivity index (χ4v) is 4.77. The highest BCUT2D eigenvalue weighted by Crippen LogP contribution is 2.41. The first-order chi connectivity index (χ1) is 16.6. The highest BCUT2D eigenvalue weighted by atomic mass is 16.6. The molecule has 5 heteroatoms. The number of benzene rings is 3. The molecule has 1 aliphatic heterocycles. The number of carbonyl (C=O) groups is 2. The molecule has 1 aliphatic rings. The molecule has 5 nitrogen and oxygen atoms in total. The van der Waals surface area contributed by atoms with Crippen molar-refractivity contribution < 1.29 is 19.1 Å². The summed E-state index contributed by atoms with van der Waals surface area (Å²) in [5.74, 6) is -0.0134. The largest absolute Gasteiger partial charge is 0.495 e. The van der Waals surface area contributed by atoms with Crippen molar-refractivity contribution in [2.45, 2.75) is 44.2 Å². The fourth-order valence-electron chi connectivity index (χ4n) is 4.77. The number of esters is 1. The van der Waals surface area contributed by atoms with Gasteiger partial charge in [-0.05, 0) is 42.5 Å². The van der Waals surface area contributed by atoms with Gasteiger partial charge in [-0.1, -0.05) is 79.7 Å². The van der Waals surface area contributed by atoms with Gasteiger partial charge in [-0.2, -0.15) is 0 Å². The van der Waals surface area contributed by atoms with Crippen LogP contribution in [0.15, 0.2) is 84.9 Å². The second-order valence-corrected chi connectivity index (χ2v) is 8.68. The van der Waals surface area contributed by atoms with Crippen molar-refractivity contribution in [1.29, 1.82) is 0 Å². The predicted octanol–water partition coefficient (Wildman–Crippen LogP) is 5.32. The van der Waals surface area contributed by atoms with Crippen LogP contribution in [0.4, 0.5) is 5.69 Å². The normalized spacial score (nSPS) is 20.0. The highest BCUT2D eigenvalue weighted by Gasteiger charge is 2.50. The molecule has 176 valence electrons. The van der Waals surface area contributed by atoms with E-state index in [4.69, 9.17) is 9.47 Å². The van der Waals surface area contributed by atoms with E-state index in [9.17, 15) is 9.59 Å². The van der Waals surface area contributed by atoms with Gasteiger partial charge in [-0.3, -0.25) is 4.79 Å². The molecule has 1 fully saturated rings. The first-order valence-corrected chi connectivity index (χ1v) is 11.8. The van der Waals surface area contributed by atoms with Crippen molar-refractivity contribution in [3.8, 4) is 5.75 Å². The van der Waals surface area contributed by atoms with Crippen LogP contribution < -0.4 is 9.64 Å². The van der Waals surface area contributed by atoms with Gasteiger partial charge in [0.05, 0.1) is 19.2 Å². The Bertz CT molecular complexity index is 1100. The third-order valence-corrected chi connectivity index (χ3v) is 6.41. The van der Waals surface area contributed by atoms with E-state index in [0.29, 0.717) is 25.1 Å². The second-order valence-electron chi connectivity index (χ2n) is 8.68. The SMILES string of the molecule is CCCN(c1ccccc1OC)C1C(=O)CC(CCc2ccccc2)(c2ccccc2)OC1=O. The average molecular weight is 458 g/mol. The zero-order chi connectivity index (χ0) is 24.0. The zero-order valence-electron chi connectivity index (χ0n) is 19.8. The van der Waals surface area contributed by atoms with E-state index in [-0.39, 0.29) is 12.2 Å². The molecule has 0 aromatic heterocycles. The van der Waals surface area contributed by atoms with E-state index in [1.54, 1.807) is 7.11 Å². The maximum Gasteiger partial charge on any atom is 0.337 e. The molecule has 0 saturated carbocycles. The molecule has 0 amide bonds. The molecule has 0 aliphatic carbocycles. The zero-order valence-corrected chi connectivity index (χ0v) is 19.8. The number of methoxy groups -OCH3 is 1. The number of nitrogens with zero attached hydrogens (tertiary/aromatic N) is 1. The molecule has 3 aromatic rings. The Hall–Kier alpha value is -3.60. The molecule has 1 saturated heterocycles. The van der Waals surface area contributed by atoms with Gasteiger partial charge in [0.25, 0.3) is 0 Å². The van der Waals surface area contributed by atoms with Crippen LogP contribution in [0.2, 0.25) is 0 Å². The van der Waals surface area contributed by atoms with E-state index in [0.717, 1.165) is 23.2 Å². The molecule has 0 radical (unpaired) electrons. The molecule has 0 N–H and O–H groups in total. The van der Waals surface area contributed by atoms with Gasteiger partial charge in [-0.25, -0.2) is 4.79 Å². The smallest absolute Gasteiger partial charge is 0.337 e. The summed E-state index contributed by atoms with van der Waals surface area (Å²) in [5, 5.41) is 0. The molecule has 0 bridgehead atoms. The van der Waals surface area contributed by atoms with Crippen molar-refractivity contribution in [3.05, 3.63) is 96.1 Å². The molecule has 1 heterocycles. The maximum atomic E-state index is 13.7. The van der Waals surface area contributed by atoms with Gasteiger partial charge in [0.2, 0.25) is 0 Å². The van der Waals surface area contributed by atoms with Crippen molar-refractivity contribution in [3.63, 3.8) is 0 Å². The third-order valence-electron chi connectivity index (χ3n) is 6.41. The van der Waals surface area contributed by atoms with Gasteiger partial charge in [-0.15, -0.1) is 0 Å². The minimum atomic E-state index is -0.996. The number of aryl methyl sites for hydroxylation is 1. The highest BCUT2D eigenvalue weighted by molar-refractivity contribution is 6.08. The summed E-state index contributed by atoms with van der Waals surface area (Å²) < 4.78 is 11.8. The quantitative estimate of drug-likeness (QED) is 0.321. The van der Waals surface area contributed by atoms with Crippen LogP contribution in [0.1, 0.15) is 37.3 Å². The lowest BCUT2D eigenvalue weighted by Gasteiger charge is -2.42. The van der Waals surface area contributed by atoms with Crippen molar-refractivity contribution >= 4 is 17.4 Å². The Labute approximate surface area is 201 Å². The molecular weight excluding hydrogens is 426 g/mol. The summed E-state index contributed by atoms with van der Waals surface area (Å²) in [5.41, 5.74) is 1.73. The Morgan fingerprint density at radius 3 is 2.24 bits per heavy atom. The van der Waals surface area contributed by atoms with E-state index in [1.807, 2.05) is 84.6 Å². The van der Waals surface area contributed by atoms with Crippen molar-refractivity contribution in [2.75, 3.05) is 18.6 Å². The van der Waals surface area contributed by atoms with Gasteiger partial charge in [0.1, 0.15) is 11.4 Å². The molecule has 34 heavy (non-hydrogen) atoms. The van der Waals surface area contributed by atoms with Crippen molar-refractivity contribution in [1.82, 2.24) is 0 Å². The van der Waals surface area contributed by atoms with E-state index in [2.05, 4.69) is 12.1 Å². The Balaban J connectivity index is 1.67. The number of para-hydroxylation sites is 2. The number of carbonyl (C=O) groups excluding carboxylic acids is 2. The lowest BCUT2D eigenvalue weighted by molar-refractivity contribution is -0.175. The molecule has 0 spiro atoms. The topological polar surface area (TPSA) is 55.8 Å². The number of hydrogen-bond acceptors (Lipinski definition) is 5. The fraction of sp³-hybridized carbons (Fsp3) is 0.310. The number of anilines is 1. The van der Waals surface area contributed by atoms with Gasteiger partial charge in [0, 0.05) is 6.54 Å². The van der Waals surface area contributed by atoms with Crippen LogP contribution in [0.5, 0.6) is 5.75 Å². The first kappa shape index (κ1) is 23.6. The lowest BCUT2D eigenvalue weighted by Crippen LogP contribution is -2.56. The van der Waals surface area contributed by atoms with Crippen LogP contribution in [0.3, 0.4) is 0 Å². The molecular formula is C29H31NO4. The number of cyclic esters (lactones) is 1. The Morgan fingerprint density at radius 2 is 1.59 bits per heavy atom. The Morgan fingerprint density at radius 1 is 0.941 bits per heavy atom. The number of Topliss-reactive ketones (excluding diaryl/α,β-unsaturated/α-hetero) is 1. The van der Waals surface area contributed by atoms with Gasteiger partial charge < -0.3 is 14.4 Å². The lowest BCUT2D eigenvalue weighted by atomic mass is 9.80. The summed E-state index contributed by atoms with van der Waals surface area (Å²) >= 11 is 0. The number of ether oxygens (including phenoxy) is 2. The van der Waals surface area contributed by atoms with Crippen LogP contribution in [0.25, 0.3) is 0 Å². The summed E-state index contributed by atoms with van der Waals surface area (Å²) in [6.45, 7) is 2.56. The van der Waals surface area contributed by atoms with Gasteiger partial charge >= 0.3 is 5.97 Å². The molecule has 2 atom stereocenters. The molecule has 3 aromatic carbocycles. The summed E-state index contributed by atoms with van der Waals surface area (Å²) in [6.07, 6.45) is 2.14. The maximum absolute atomic E-state index is 13.7. The average Bonchev–Trinajstić information content (AvgIpc) is 2.88. The van der Waals surface area contributed by atoms with E-state index < -0.39 is 17.6 Å². The second kappa shape index (κ2) is 10.6. The number of ketones is 1.